The number of benzene rings is 2. The van der Waals surface area contributed by atoms with Gasteiger partial charge in [0.25, 0.3) is 0 Å². The summed E-state index contributed by atoms with van der Waals surface area (Å²) in [6.07, 6.45) is 1.71. The van der Waals surface area contributed by atoms with Crippen molar-refractivity contribution < 1.29 is 14.4 Å². The van der Waals surface area contributed by atoms with Gasteiger partial charge in [-0.2, -0.15) is 0 Å². The summed E-state index contributed by atoms with van der Waals surface area (Å²) in [6.45, 7) is 4.49. The largest absolute Gasteiger partial charge is 0.324 e. The molecule has 0 bridgehead atoms. The Bertz CT molecular complexity index is 1190. The maximum Gasteiger partial charge on any atom is 0.250 e. The number of fused-ring (bicyclic) bond motifs is 7. The van der Waals surface area contributed by atoms with Crippen LogP contribution in [0.3, 0.4) is 0 Å². The molecule has 7 heteroatoms. The lowest BCUT2D eigenvalue weighted by molar-refractivity contribution is -0.135. The van der Waals surface area contributed by atoms with Gasteiger partial charge in [-0.05, 0) is 57.0 Å². The van der Waals surface area contributed by atoms with Gasteiger partial charge in [0.05, 0.1) is 17.5 Å². The third-order valence-corrected chi connectivity index (χ3v) is 8.04. The zero-order chi connectivity index (χ0) is 21.7. The second-order valence-electron chi connectivity index (χ2n) is 9.07. The average molecular weight is 436 g/mol. The summed E-state index contributed by atoms with van der Waals surface area (Å²) in [5.74, 6) is -2.00. The van der Waals surface area contributed by atoms with E-state index in [1.54, 1.807) is 18.2 Å². The molecule has 3 saturated heterocycles. The van der Waals surface area contributed by atoms with E-state index in [2.05, 4.69) is 10.2 Å². The number of hydrogen-bond acceptors (Lipinski definition) is 4. The van der Waals surface area contributed by atoms with E-state index in [-0.39, 0.29) is 23.8 Å². The highest BCUT2D eigenvalue weighted by molar-refractivity contribution is 6.32. The van der Waals surface area contributed by atoms with E-state index in [1.165, 1.54) is 4.90 Å². The van der Waals surface area contributed by atoms with Crippen LogP contribution in [-0.2, 0) is 19.9 Å². The number of nitrogens with one attached hydrogen (secondary N) is 1. The number of amides is 3. The average Bonchev–Trinajstić information content (AvgIpc) is 3.43. The number of imide groups is 1. The van der Waals surface area contributed by atoms with Crippen LogP contribution in [0.1, 0.15) is 29.5 Å². The van der Waals surface area contributed by atoms with Gasteiger partial charge in [0, 0.05) is 22.3 Å². The van der Waals surface area contributed by atoms with Gasteiger partial charge in [-0.3, -0.25) is 19.3 Å². The van der Waals surface area contributed by atoms with Crippen molar-refractivity contribution in [3.8, 4) is 0 Å². The van der Waals surface area contributed by atoms with Crippen molar-refractivity contribution >= 4 is 40.7 Å². The number of carbonyl (C=O) groups is 3. The van der Waals surface area contributed by atoms with Gasteiger partial charge in [0.1, 0.15) is 5.54 Å². The summed E-state index contributed by atoms with van der Waals surface area (Å²) in [5, 5.41) is 3.52. The fourth-order valence-corrected chi connectivity index (χ4v) is 6.56. The summed E-state index contributed by atoms with van der Waals surface area (Å²) in [7, 11) is 0. The zero-order valence-corrected chi connectivity index (χ0v) is 18.1. The van der Waals surface area contributed by atoms with Crippen molar-refractivity contribution in [1.29, 1.82) is 0 Å². The standard InChI is InChI=1S/C24H22ClN3O3/c1-12-8-9-16-14(11-12)24(23(31)26-16)20-19(18-7-4-10-27(18)24)21(29)28(22(20)30)17-6-3-5-15(25)13(17)2/h3,5-6,8-9,11,18-20H,4,7,10H2,1-2H3,(H,26,31)/t18-,19-,20-,24+/m1/s1. The number of halogens is 1. The quantitative estimate of drug-likeness (QED) is 0.697. The normalized spacial score (nSPS) is 31.4. The second kappa shape index (κ2) is 6.17. The fourth-order valence-electron chi connectivity index (χ4n) is 6.39. The van der Waals surface area contributed by atoms with Gasteiger partial charge < -0.3 is 5.32 Å². The number of hydrogen-bond donors (Lipinski definition) is 1. The van der Waals surface area contributed by atoms with Crippen molar-refractivity contribution in [3.05, 3.63) is 58.1 Å². The molecule has 1 N–H and O–H groups in total. The number of carbonyl (C=O) groups excluding carboxylic acids is 3. The van der Waals surface area contributed by atoms with Crippen LogP contribution in [0.15, 0.2) is 36.4 Å². The van der Waals surface area contributed by atoms with E-state index in [9.17, 15) is 14.4 Å². The summed E-state index contributed by atoms with van der Waals surface area (Å²) < 4.78 is 0. The molecule has 158 valence electrons. The minimum absolute atomic E-state index is 0.122. The maximum atomic E-state index is 13.9. The summed E-state index contributed by atoms with van der Waals surface area (Å²) in [6, 6.07) is 11.0. The van der Waals surface area contributed by atoms with Crippen LogP contribution in [0.2, 0.25) is 5.02 Å². The van der Waals surface area contributed by atoms with Crippen LogP contribution in [0.25, 0.3) is 0 Å². The molecule has 1 spiro atoms. The Morgan fingerprint density at radius 3 is 2.71 bits per heavy atom. The molecule has 0 aromatic heterocycles. The first-order chi connectivity index (χ1) is 14.9. The maximum absolute atomic E-state index is 13.9. The highest BCUT2D eigenvalue weighted by Crippen LogP contribution is 2.60. The molecule has 6 rings (SSSR count). The van der Waals surface area contributed by atoms with Crippen LogP contribution in [0.4, 0.5) is 11.4 Å². The van der Waals surface area contributed by atoms with Crippen molar-refractivity contribution in [3.63, 3.8) is 0 Å². The summed E-state index contributed by atoms with van der Waals surface area (Å²) >= 11 is 6.30. The van der Waals surface area contributed by atoms with E-state index in [4.69, 9.17) is 11.6 Å². The van der Waals surface area contributed by atoms with E-state index in [0.717, 1.165) is 29.7 Å². The van der Waals surface area contributed by atoms with Crippen LogP contribution >= 0.6 is 11.6 Å². The molecular formula is C24H22ClN3O3. The monoisotopic (exact) mass is 435 g/mol. The molecule has 0 radical (unpaired) electrons. The third-order valence-electron chi connectivity index (χ3n) is 7.63. The predicted molar refractivity (Wildman–Crippen MR) is 117 cm³/mol. The van der Waals surface area contributed by atoms with E-state index in [0.29, 0.717) is 22.8 Å². The molecule has 4 heterocycles. The molecular weight excluding hydrogens is 414 g/mol. The van der Waals surface area contributed by atoms with Crippen LogP contribution < -0.4 is 10.2 Å². The van der Waals surface area contributed by atoms with Crippen LogP contribution in [0, 0.1) is 25.7 Å². The van der Waals surface area contributed by atoms with Crippen LogP contribution in [-0.4, -0.2) is 35.2 Å². The molecule has 0 unspecified atom stereocenters. The third kappa shape index (κ3) is 2.14. The Morgan fingerprint density at radius 1 is 1.10 bits per heavy atom. The SMILES string of the molecule is Cc1ccc2c(c1)[C@@]1(C(=O)N2)[C@H]2C(=O)N(c3cccc(Cl)c3C)C(=O)[C@@H]2[C@H]2CCCN21. The highest BCUT2D eigenvalue weighted by atomic mass is 35.5. The van der Waals surface area contributed by atoms with E-state index < -0.39 is 17.4 Å². The van der Waals surface area contributed by atoms with Crippen molar-refractivity contribution in [1.82, 2.24) is 4.90 Å². The molecule has 0 saturated carbocycles. The molecule has 3 amide bonds. The highest BCUT2D eigenvalue weighted by Gasteiger charge is 2.74. The molecule has 4 atom stereocenters. The first-order valence-electron chi connectivity index (χ1n) is 10.7. The van der Waals surface area contributed by atoms with Gasteiger partial charge in [-0.25, -0.2) is 4.90 Å². The van der Waals surface area contributed by atoms with Crippen molar-refractivity contribution in [2.24, 2.45) is 11.8 Å². The van der Waals surface area contributed by atoms with Gasteiger partial charge >= 0.3 is 0 Å². The first-order valence-corrected chi connectivity index (χ1v) is 11.1. The number of rotatable bonds is 1. The fraction of sp³-hybridized carbons (Fsp3) is 0.375. The molecule has 4 aliphatic heterocycles. The van der Waals surface area contributed by atoms with Gasteiger partial charge in [-0.1, -0.05) is 35.4 Å². The van der Waals surface area contributed by atoms with Crippen molar-refractivity contribution in [2.45, 2.75) is 38.3 Å². The minimum atomic E-state index is -1.14. The molecule has 2 aromatic carbocycles. The molecule has 4 aliphatic rings. The molecule has 2 aromatic rings. The lowest BCUT2D eigenvalue weighted by Crippen LogP contribution is -2.54. The Morgan fingerprint density at radius 2 is 1.90 bits per heavy atom. The van der Waals surface area contributed by atoms with E-state index >= 15 is 0 Å². The molecule has 0 aliphatic carbocycles. The second-order valence-corrected chi connectivity index (χ2v) is 9.48. The Balaban J connectivity index is 1.58. The lowest BCUT2D eigenvalue weighted by Gasteiger charge is -2.37. The lowest BCUT2D eigenvalue weighted by atomic mass is 9.75. The van der Waals surface area contributed by atoms with Crippen LogP contribution in [0.5, 0.6) is 0 Å². The number of nitrogens with zero attached hydrogens (tertiary/aromatic N) is 2. The Labute approximate surface area is 185 Å². The number of anilines is 2. The van der Waals surface area contributed by atoms with Gasteiger partial charge in [-0.15, -0.1) is 0 Å². The van der Waals surface area contributed by atoms with Gasteiger partial charge in [0.15, 0.2) is 0 Å². The Hall–Kier alpha value is -2.70. The summed E-state index contributed by atoms with van der Waals surface area (Å²) in [4.78, 5) is 44.7. The predicted octanol–water partition coefficient (Wildman–Crippen LogP) is 3.39. The number of aryl methyl sites for hydroxylation is 1. The first kappa shape index (κ1) is 19.0. The Kier molecular flexibility index (Phi) is 3.79. The minimum Gasteiger partial charge on any atom is -0.324 e. The zero-order valence-electron chi connectivity index (χ0n) is 17.3. The van der Waals surface area contributed by atoms with E-state index in [1.807, 2.05) is 32.0 Å². The molecule has 31 heavy (non-hydrogen) atoms. The topological polar surface area (TPSA) is 69.7 Å². The molecule has 6 nitrogen and oxygen atoms in total. The summed E-state index contributed by atoms with van der Waals surface area (Å²) in [5.41, 5.74) is 2.64. The molecule has 3 fully saturated rings. The van der Waals surface area contributed by atoms with Gasteiger partial charge in [0.2, 0.25) is 17.7 Å². The smallest absolute Gasteiger partial charge is 0.250 e. The van der Waals surface area contributed by atoms with Crippen molar-refractivity contribution in [2.75, 3.05) is 16.8 Å².